The summed E-state index contributed by atoms with van der Waals surface area (Å²) in [5, 5.41) is 3.44. The van der Waals surface area contributed by atoms with Crippen LogP contribution in [0.25, 0.3) is 22.1 Å². The van der Waals surface area contributed by atoms with Crippen LogP contribution < -0.4 is 10.2 Å². The van der Waals surface area contributed by atoms with Gasteiger partial charge in [0.05, 0.1) is 23.6 Å². The second-order valence-electron chi connectivity index (χ2n) is 10.3. The summed E-state index contributed by atoms with van der Waals surface area (Å²) in [6, 6.07) is 12.8. The van der Waals surface area contributed by atoms with Gasteiger partial charge in [-0.2, -0.15) is 0 Å². The zero-order valence-corrected chi connectivity index (χ0v) is 22.9. The van der Waals surface area contributed by atoms with E-state index >= 15 is 0 Å². The molecule has 10 nitrogen and oxygen atoms in total. The van der Waals surface area contributed by atoms with E-state index in [4.69, 9.17) is 4.98 Å². The minimum absolute atomic E-state index is 0.0236. The van der Waals surface area contributed by atoms with Crippen molar-refractivity contribution in [1.29, 1.82) is 0 Å². The monoisotopic (exact) mass is 533 g/mol. The maximum Gasteiger partial charge on any atom is 0.246 e. The summed E-state index contributed by atoms with van der Waals surface area (Å²) in [6.07, 6.45) is 7.28. The van der Waals surface area contributed by atoms with E-state index in [0.717, 1.165) is 23.1 Å². The number of nitrogens with one attached hydrogen (secondary N) is 1. The number of imidazole rings is 1. The van der Waals surface area contributed by atoms with Crippen molar-refractivity contribution in [3.05, 3.63) is 84.6 Å². The van der Waals surface area contributed by atoms with Crippen LogP contribution in [0.3, 0.4) is 0 Å². The van der Waals surface area contributed by atoms with Crippen molar-refractivity contribution in [2.45, 2.75) is 26.3 Å². The van der Waals surface area contributed by atoms with Gasteiger partial charge in [0.1, 0.15) is 17.4 Å². The largest absolute Gasteiger partial charge is 0.338 e. The molecule has 5 aromatic rings. The first-order valence-corrected chi connectivity index (χ1v) is 13.3. The third-order valence-electron chi connectivity index (χ3n) is 7.52. The molecule has 1 aliphatic heterocycles. The Kier molecular flexibility index (Phi) is 6.59. The van der Waals surface area contributed by atoms with Crippen molar-refractivity contribution in [2.24, 2.45) is 7.05 Å². The minimum Gasteiger partial charge on any atom is -0.338 e. The number of nitrogens with zero attached hydrogens (tertiary/aromatic N) is 8. The van der Waals surface area contributed by atoms with Crippen molar-refractivity contribution in [1.82, 2.24) is 34.4 Å². The Hall–Kier alpha value is -4.86. The van der Waals surface area contributed by atoms with Crippen LogP contribution in [-0.4, -0.2) is 66.0 Å². The van der Waals surface area contributed by atoms with Gasteiger partial charge in [0.2, 0.25) is 11.9 Å². The van der Waals surface area contributed by atoms with Crippen LogP contribution in [0.15, 0.2) is 67.9 Å². The third-order valence-corrected chi connectivity index (χ3v) is 7.52. The smallest absolute Gasteiger partial charge is 0.246 e. The molecule has 1 amide bonds. The zero-order valence-electron chi connectivity index (χ0n) is 22.9. The number of carbonyl (C=O) groups excluding carboxylic acids is 1. The Bertz CT molecular complexity index is 1740. The summed E-state index contributed by atoms with van der Waals surface area (Å²) in [7, 11) is 2.01. The Morgan fingerprint density at radius 2 is 1.98 bits per heavy atom. The number of rotatable bonds is 6. The Morgan fingerprint density at radius 3 is 2.77 bits per heavy atom. The molecule has 1 fully saturated rings. The van der Waals surface area contributed by atoms with E-state index in [1.165, 1.54) is 29.1 Å². The quantitative estimate of drug-likeness (QED) is 0.324. The Balaban J connectivity index is 1.21. The summed E-state index contributed by atoms with van der Waals surface area (Å²) >= 11 is 0. The highest BCUT2D eigenvalue weighted by molar-refractivity contribution is 5.88. The summed E-state index contributed by atoms with van der Waals surface area (Å²) in [6.45, 7) is 9.62. The average Bonchev–Trinajstić information content (AvgIpc) is 3.33. The molecule has 202 valence electrons. The van der Waals surface area contributed by atoms with Crippen molar-refractivity contribution in [2.75, 3.05) is 29.9 Å². The number of benzene rings is 2. The maximum atomic E-state index is 12.1. The average molecular weight is 534 g/mol. The number of fused-ring (bicyclic) bond motifs is 2. The van der Waals surface area contributed by atoms with Crippen LogP contribution in [0.1, 0.15) is 23.6 Å². The molecule has 1 saturated heterocycles. The van der Waals surface area contributed by atoms with Gasteiger partial charge < -0.3 is 19.7 Å². The lowest BCUT2D eigenvalue weighted by Gasteiger charge is -2.39. The highest BCUT2D eigenvalue weighted by Crippen LogP contribution is 2.26. The number of aromatic nitrogens is 6. The van der Waals surface area contributed by atoms with Crippen LogP contribution in [0, 0.1) is 6.92 Å². The summed E-state index contributed by atoms with van der Waals surface area (Å²) < 4.78 is 2.03. The molecule has 0 spiro atoms. The molecular formula is C30H31N9O. The van der Waals surface area contributed by atoms with Crippen LogP contribution in [0.2, 0.25) is 0 Å². The number of anilines is 3. The molecule has 0 bridgehead atoms. The van der Waals surface area contributed by atoms with Crippen LogP contribution >= 0.6 is 0 Å². The summed E-state index contributed by atoms with van der Waals surface area (Å²) in [4.78, 5) is 38.8. The minimum atomic E-state index is -0.0537. The molecule has 1 aliphatic rings. The third kappa shape index (κ3) is 4.84. The molecule has 0 saturated carbocycles. The Morgan fingerprint density at radius 1 is 1.10 bits per heavy atom. The van der Waals surface area contributed by atoms with E-state index in [1.54, 1.807) is 6.20 Å². The highest BCUT2D eigenvalue weighted by Gasteiger charge is 2.27. The molecule has 4 heterocycles. The van der Waals surface area contributed by atoms with Crippen LogP contribution in [0.5, 0.6) is 0 Å². The first-order chi connectivity index (χ1) is 19.4. The molecule has 6 rings (SSSR count). The van der Waals surface area contributed by atoms with Gasteiger partial charge in [0.15, 0.2) is 5.82 Å². The van der Waals surface area contributed by atoms with Gasteiger partial charge in [0.25, 0.3) is 0 Å². The molecule has 3 aromatic heterocycles. The predicted molar refractivity (Wildman–Crippen MR) is 157 cm³/mol. The van der Waals surface area contributed by atoms with Crippen molar-refractivity contribution in [3.8, 4) is 0 Å². The van der Waals surface area contributed by atoms with Crippen LogP contribution in [0.4, 0.5) is 17.5 Å². The number of carbonyl (C=O) groups is 1. The van der Waals surface area contributed by atoms with Gasteiger partial charge in [-0.25, -0.2) is 24.9 Å². The molecular weight excluding hydrogens is 502 g/mol. The summed E-state index contributed by atoms with van der Waals surface area (Å²) in [5.74, 6) is 1.16. The SMILES string of the molecule is C=CC(=O)N1CCN(c2ncc3ncnc(Nc4ccc(Cc5ccc6c(c5)ncn6C)c(C)c4)c3n2)C[C@H]1C. The zero-order chi connectivity index (χ0) is 27.8. The second kappa shape index (κ2) is 10.4. The van der Waals surface area contributed by atoms with E-state index in [-0.39, 0.29) is 11.9 Å². The topological polar surface area (TPSA) is 105 Å². The second-order valence-corrected chi connectivity index (χ2v) is 10.3. The fraction of sp³-hybridized carbons (Fsp3) is 0.267. The molecule has 0 unspecified atom stereocenters. The lowest BCUT2D eigenvalue weighted by atomic mass is 9.99. The molecule has 1 N–H and O–H groups in total. The predicted octanol–water partition coefficient (Wildman–Crippen LogP) is 4.17. The van der Waals surface area contributed by atoms with E-state index < -0.39 is 0 Å². The van der Waals surface area contributed by atoms with Crippen molar-refractivity contribution >= 4 is 45.4 Å². The number of hydrogen-bond acceptors (Lipinski definition) is 8. The van der Waals surface area contributed by atoms with Gasteiger partial charge in [-0.1, -0.05) is 18.7 Å². The van der Waals surface area contributed by atoms with E-state index in [1.807, 2.05) is 29.8 Å². The number of hydrogen-bond donors (Lipinski definition) is 1. The van der Waals surface area contributed by atoms with Gasteiger partial charge in [0, 0.05) is 38.4 Å². The molecule has 40 heavy (non-hydrogen) atoms. The van der Waals surface area contributed by atoms with Crippen LogP contribution in [-0.2, 0) is 18.3 Å². The molecule has 0 radical (unpaired) electrons. The van der Waals surface area contributed by atoms with E-state index in [0.29, 0.717) is 42.4 Å². The molecule has 10 heteroatoms. The van der Waals surface area contributed by atoms with Gasteiger partial charge in [-0.05, 0) is 67.3 Å². The number of amides is 1. The van der Waals surface area contributed by atoms with Gasteiger partial charge in [-0.15, -0.1) is 0 Å². The standard InChI is InChI=1S/C30H31N9O/c1-5-27(40)39-11-10-38(16-20(39)3)30-31-15-25-28(36-30)29(33-17-32-25)35-23-8-7-22(19(2)12-23)13-21-6-9-26-24(14-21)34-18-37(26)4/h5-9,12,14-15,17-18,20H,1,10-11,13,16H2,2-4H3,(H,32,33,35)/t20-/m1/s1. The van der Waals surface area contributed by atoms with Crippen molar-refractivity contribution in [3.63, 3.8) is 0 Å². The number of piperazine rings is 1. The molecule has 1 atom stereocenters. The normalized spacial score (nSPS) is 15.5. The fourth-order valence-corrected chi connectivity index (χ4v) is 5.29. The van der Waals surface area contributed by atoms with Gasteiger partial charge in [-0.3, -0.25) is 4.79 Å². The molecule has 2 aromatic carbocycles. The first-order valence-electron chi connectivity index (χ1n) is 13.3. The van der Waals surface area contributed by atoms with E-state index in [9.17, 15) is 4.79 Å². The first kappa shape index (κ1) is 25.4. The van der Waals surface area contributed by atoms with Crippen molar-refractivity contribution < 1.29 is 4.79 Å². The summed E-state index contributed by atoms with van der Waals surface area (Å²) in [5.41, 5.74) is 8.03. The highest BCUT2D eigenvalue weighted by atomic mass is 16.2. The lowest BCUT2D eigenvalue weighted by Crippen LogP contribution is -2.54. The fourth-order valence-electron chi connectivity index (χ4n) is 5.29. The van der Waals surface area contributed by atoms with Gasteiger partial charge >= 0.3 is 0 Å². The number of aryl methyl sites for hydroxylation is 2. The molecule has 0 aliphatic carbocycles. The van der Waals surface area contributed by atoms with E-state index in [2.05, 4.69) is 80.1 Å². The Labute approximate surface area is 232 Å². The lowest BCUT2D eigenvalue weighted by molar-refractivity contribution is -0.128. The maximum absolute atomic E-state index is 12.1.